The number of hydrogen-bond donors (Lipinski definition) is 1. The Morgan fingerprint density at radius 1 is 1.43 bits per heavy atom. The lowest BCUT2D eigenvalue weighted by Gasteiger charge is -2.31. The summed E-state index contributed by atoms with van der Waals surface area (Å²) in [4.78, 5) is 24.0. The Morgan fingerprint density at radius 3 is 2.57 bits per heavy atom. The van der Waals surface area contributed by atoms with Gasteiger partial charge in [0.25, 0.3) is 5.69 Å². The molecule has 0 fully saturated rings. The van der Waals surface area contributed by atoms with Gasteiger partial charge in [0.2, 0.25) is 0 Å². The number of anilines is 1. The van der Waals surface area contributed by atoms with Crippen molar-refractivity contribution in [1.29, 1.82) is 0 Å². The van der Waals surface area contributed by atoms with Gasteiger partial charge in [-0.2, -0.15) is 0 Å². The lowest BCUT2D eigenvalue weighted by molar-refractivity contribution is -0.384. The maximum Gasteiger partial charge on any atom is 0.338 e. The smallest absolute Gasteiger partial charge is 0.338 e. The van der Waals surface area contributed by atoms with Gasteiger partial charge in [0.05, 0.1) is 10.5 Å². The number of nitro groups is 1. The highest BCUT2D eigenvalue weighted by Gasteiger charge is 2.28. The molecule has 0 aliphatic rings. The third-order valence-electron chi connectivity index (χ3n) is 3.60. The van der Waals surface area contributed by atoms with Gasteiger partial charge < -0.3 is 10.0 Å². The van der Waals surface area contributed by atoms with E-state index in [4.69, 9.17) is 0 Å². The Labute approximate surface area is 124 Å². The maximum absolute atomic E-state index is 11.4. The van der Waals surface area contributed by atoms with Gasteiger partial charge in [0.1, 0.15) is 5.69 Å². The molecule has 1 rings (SSSR count). The predicted octanol–water partition coefficient (Wildman–Crippen LogP) is 3.70. The van der Waals surface area contributed by atoms with Crippen molar-refractivity contribution in [3.63, 3.8) is 0 Å². The third-order valence-corrected chi connectivity index (χ3v) is 3.60. The number of unbranched alkanes of at least 4 members (excludes halogenated alkanes) is 1. The first-order valence-electron chi connectivity index (χ1n) is 7.21. The molecule has 0 spiro atoms. The van der Waals surface area contributed by atoms with Crippen LogP contribution < -0.4 is 4.90 Å². The van der Waals surface area contributed by atoms with E-state index >= 15 is 0 Å². The monoisotopic (exact) mass is 294 g/mol. The number of carboxylic acid groups (broad SMARTS) is 1. The SMILES string of the molecule is CCCCN(c1c(C(=O)O)cccc1[N+](=O)[O-])C(C)CC. The van der Waals surface area contributed by atoms with Gasteiger partial charge in [0.15, 0.2) is 0 Å². The summed E-state index contributed by atoms with van der Waals surface area (Å²) in [5.41, 5.74) is 0.0599. The molecule has 0 heterocycles. The maximum atomic E-state index is 11.4. The molecule has 0 amide bonds. The Hall–Kier alpha value is -2.11. The van der Waals surface area contributed by atoms with Crippen molar-refractivity contribution in [1.82, 2.24) is 0 Å². The van der Waals surface area contributed by atoms with Crippen LogP contribution in [0.3, 0.4) is 0 Å². The number of carboxylic acids is 1. The van der Waals surface area contributed by atoms with Crippen LogP contribution in [0.1, 0.15) is 50.4 Å². The molecule has 1 atom stereocenters. The number of rotatable bonds is 8. The summed E-state index contributed by atoms with van der Waals surface area (Å²) in [7, 11) is 0. The Morgan fingerprint density at radius 2 is 2.10 bits per heavy atom. The Bertz CT molecular complexity index is 484. The molecule has 6 nitrogen and oxygen atoms in total. The van der Waals surface area contributed by atoms with Crippen molar-refractivity contribution in [2.24, 2.45) is 0 Å². The van der Waals surface area contributed by atoms with E-state index in [2.05, 4.69) is 0 Å². The fourth-order valence-corrected chi connectivity index (χ4v) is 2.25. The highest BCUT2D eigenvalue weighted by Crippen LogP contribution is 2.34. The summed E-state index contributed by atoms with van der Waals surface area (Å²) in [6.45, 7) is 6.58. The third kappa shape index (κ3) is 3.93. The zero-order valence-corrected chi connectivity index (χ0v) is 12.7. The average Bonchev–Trinajstić information content (AvgIpc) is 2.46. The van der Waals surface area contributed by atoms with Crippen LogP contribution in [0.5, 0.6) is 0 Å². The lowest BCUT2D eigenvalue weighted by atomic mass is 10.1. The van der Waals surface area contributed by atoms with Crippen LogP contribution in [0.25, 0.3) is 0 Å². The van der Waals surface area contributed by atoms with Crippen molar-refractivity contribution < 1.29 is 14.8 Å². The molecular weight excluding hydrogens is 272 g/mol. The first kappa shape index (κ1) is 16.9. The summed E-state index contributed by atoms with van der Waals surface area (Å²) in [5, 5.41) is 20.6. The van der Waals surface area contributed by atoms with Crippen LogP contribution in [0.2, 0.25) is 0 Å². The van der Waals surface area contributed by atoms with Crippen molar-refractivity contribution in [2.75, 3.05) is 11.4 Å². The second kappa shape index (κ2) is 7.61. The fourth-order valence-electron chi connectivity index (χ4n) is 2.25. The minimum atomic E-state index is -1.14. The largest absolute Gasteiger partial charge is 0.478 e. The standard InChI is InChI=1S/C15H22N2O4/c1-4-6-10-16(11(3)5-2)14-12(15(18)19)8-7-9-13(14)17(20)21/h7-9,11H,4-6,10H2,1-3H3,(H,18,19). The fraction of sp³-hybridized carbons (Fsp3) is 0.533. The molecule has 1 unspecified atom stereocenters. The normalized spacial score (nSPS) is 12.0. The van der Waals surface area contributed by atoms with Crippen molar-refractivity contribution in [3.05, 3.63) is 33.9 Å². The number of para-hydroxylation sites is 1. The molecule has 0 bridgehead atoms. The highest BCUT2D eigenvalue weighted by atomic mass is 16.6. The summed E-state index contributed by atoms with van der Waals surface area (Å²) in [6, 6.07) is 4.24. The van der Waals surface area contributed by atoms with Crippen LogP contribution >= 0.6 is 0 Å². The Kier molecular flexibility index (Phi) is 6.14. The van der Waals surface area contributed by atoms with E-state index in [1.54, 1.807) is 0 Å². The molecule has 1 aromatic rings. The van der Waals surface area contributed by atoms with E-state index in [0.717, 1.165) is 19.3 Å². The first-order valence-corrected chi connectivity index (χ1v) is 7.21. The molecule has 6 heteroatoms. The topological polar surface area (TPSA) is 83.7 Å². The summed E-state index contributed by atoms with van der Waals surface area (Å²) in [6.07, 6.45) is 2.58. The number of hydrogen-bond acceptors (Lipinski definition) is 4. The number of nitrogens with zero attached hydrogens (tertiary/aromatic N) is 2. The summed E-state index contributed by atoms with van der Waals surface area (Å²) >= 11 is 0. The predicted molar refractivity (Wildman–Crippen MR) is 82.1 cm³/mol. The zero-order chi connectivity index (χ0) is 16.0. The van der Waals surface area contributed by atoms with Crippen LogP contribution in [-0.4, -0.2) is 28.6 Å². The van der Waals surface area contributed by atoms with Crippen molar-refractivity contribution >= 4 is 17.3 Å². The lowest BCUT2D eigenvalue weighted by Crippen LogP contribution is -2.35. The van der Waals surface area contributed by atoms with Crippen molar-refractivity contribution in [2.45, 2.75) is 46.1 Å². The van der Waals surface area contributed by atoms with Gasteiger partial charge in [-0.15, -0.1) is 0 Å². The second-order valence-corrected chi connectivity index (χ2v) is 5.04. The highest BCUT2D eigenvalue weighted by molar-refractivity contribution is 5.97. The first-order chi connectivity index (χ1) is 9.93. The van der Waals surface area contributed by atoms with Gasteiger partial charge in [-0.1, -0.05) is 26.3 Å². The van der Waals surface area contributed by atoms with Crippen molar-refractivity contribution in [3.8, 4) is 0 Å². The van der Waals surface area contributed by atoms with Crippen LogP contribution in [0.4, 0.5) is 11.4 Å². The number of benzene rings is 1. The molecule has 0 aliphatic heterocycles. The molecular formula is C15H22N2O4. The zero-order valence-electron chi connectivity index (χ0n) is 12.7. The number of aromatic carboxylic acids is 1. The molecule has 1 aromatic carbocycles. The number of carbonyl (C=O) groups is 1. The van der Waals surface area contributed by atoms with E-state index in [9.17, 15) is 20.0 Å². The molecule has 0 saturated carbocycles. The number of nitro benzene ring substituents is 1. The summed E-state index contributed by atoms with van der Waals surface area (Å²) in [5.74, 6) is -1.14. The molecule has 0 saturated heterocycles. The van der Waals surface area contributed by atoms with Crippen LogP contribution in [0, 0.1) is 10.1 Å². The van der Waals surface area contributed by atoms with Gasteiger partial charge in [-0.05, 0) is 25.8 Å². The molecule has 0 radical (unpaired) electrons. The van der Waals surface area contributed by atoms with E-state index in [1.165, 1.54) is 18.2 Å². The molecule has 21 heavy (non-hydrogen) atoms. The molecule has 0 aromatic heterocycles. The quantitative estimate of drug-likeness (QED) is 0.583. The minimum Gasteiger partial charge on any atom is -0.478 e. The van der Waals surface area contributed by atoms with E-state index < -0.39 is 10.9 Å². The van der Waals surface area contributed by atoms with E-state index in [0.29, 0.717) is 6.54 Å². The average molecular weight is 294 g/mol. The minimum absolute atomic E-state index is 0.0133. The van der Waals surface area contributed by atoms with Crippen LogP contribution in [-0.2, 0) is 0 Å². The second-order valence-electron chi connectivity index (χ2n) is 5.04. The van der Waals surface area contributed by atoms with Gasteiger partial charge >= 0.3 is 5.97 Å². The molecule has 116 valence electrons. The van der Waals surface area contributed by atoms with Gasteiger partial charge in [-0.3, -0.25) is 10.1 Å². The molecule has 0 aliphatic carbocycles. The van der Waals surface area contributed by atoms with Gasteiger partial charge in [-0.25, -0.2) is 4.79 Å². The van der Waals surface area contributed by atoms with Gasteiger partial charge in [0, 0.05) is 18.7 Å². The van der Waals surface area contributed by atoms with Crippen LogP contribution in [0.15, 0.2) is 18.2 Å². The van der Waals surface area contributed by atoms with E-state index in [1.807, 2.05) is 25.7 Å². The summed E-state index contributed by atoms with van der Waals surface area (Å²) < 4.78 is 0. The Balaban J connectivity index is 3.45. The van der Waals surface area contributed by atoms with E-state index in [-0.39, 0.29) is 23.0 Å². The molecule has 1 N–H and O–H groups in total.